The average Bonchev–Trinajstić information content (AvgIpc) is 3.20. The third kappa shape index (κ3) is 6.47. The van der Waals surface area contributed by atoms with Crippen LogP contribution >= 0.6 is 11.8 Å². The Morgan fingerprint density at radius 1 is 1.14 bits per heavy atom. The number of thioether (sulfide) groups is 1. The van der Waals surface area contributed by atoms with Crippen molar-refractivity contribution in [3.63, 3.8) is 0 Å². The fraction of sp³-hybridized carbons (Fsp3) is 0.120. The van der Waals surface area contributed by atoms with Gasteiger partial charge < -0.3 is 5.73 Å². The van der Waals surface area contributed by atoms with Crippen LogP contribution < -0.4 is 5.73 Å². The average molecular weight is 402 g/mol. The number of anilines is 1. The summed E-state index contributed by atoms with van der Waals surface area (Å²) in [4.78, 5) is 9.86. The van der Waals surface area contributed by atoms with Gasteiger partial charge in [0, 0.05) is 29.4 Å². The molecule has 1 aliphatic heterocycles. The Balaban J connectivity index is 0.000000278. The van der Waals surface area contributed by atoms with Gasteiger partial charge in [-0.2, -0.15) is 0 Å². The predicted octanol–water partition coefficient (Wildman–Crippen LogP) is 6.47. The van der Waals surface area contributed by atoms with Crippen LogP contribution in [0.1, 0.15) is 18.9 Å². The molecule has 0 aliphatic carbocycles. The molecular formula is C25H27N3S. The minimum Gasteiger partial charge on any atom is -0.398 e. The van der Waals surface area contributed by atoms with Crippen LogP contribution in [0.25, 0.3) is 0 Å². The van der Waals surface area contributed by atoms with Crippen LogP contribution in [0.5, 0.6) is 0 Å². The van der Waals surface area contributed by atoms with Gasteiger partial charge in [-0.05, 0) is 54.2 Å². The first kappa shape index (κ1) is 22.2. The summed E-state index contributed by atoms with van der Waals surface area (Å²) in [6, 6.07) is 18.0. The van der Waals surface area contributed by atoms with Crippen LogP contribution in [0.3, 0.4) is 0 Å². The summed E-state index contributed by atoms with van der Waals surface area (Å²) >= 11 is 1.67. The largest absolute Gasteiger partial charge is 0.398 e. The summed E-state index contributed by atoms with van der Waals surface area (Å²) in [7, 11) is 0. The maximum atomic E-state index is 5.61. The van der Waals surface area contributed by atoms with E-state index in [0.29, 0.717) is 0 Å². The van der Waals surface area contributed by atoms with Gasteiger partial charge in [-0.3, -0.25) is 9.98 Å². The number of nitrogens with two attached hydrogens (primary N) is 1. The zero-order valence-electron chi connectivity index (χ0n) is 17.0. The molecule has 148 valence electrons. The highest BCUT2D eigenvalue weighted by Crippen LogP contribution is 2.29. The van der Waals surface area contributed by atoms with Gasteiger partial charge in [0.2, 0.25) is 0 Å². The standard InChI is InChI=1S/C18H18N2.C7H9NS/c1-4-17-16(14(3)11-12-19-5-2)13-18(20-17)15-9-7-6-8-10-15;1-9-7-5-3-2-4-6(7)8/h4-12H,1,3,13H2,2H3;2-5H,8H2,1H3/b12-11-,19-5?;. The number of hydrogen-bond donors (Lipinski definition) is 1. The van der Waals surface area contributed by atoms with Crippen LogP contribution in [-0.4, -0.2) is 18.2 Å². The van der Waals surface area contributed by atoms with E-state index in [0.717, 1.165) is 45.1 Å². The number of nitrogen functional groups attached to an aromatic ring is 1. The SMILES string of the molecule is C=CC1=C(C(=C)/C=C\N=CC)CC(c2ccccc2)=N1.CSc1ccccc1N. The van der Waals surface area contributed by atoms with E-state index < -0.39 is 0 Å². The minimum absolute atomic E-state index is 0.782. The Kier molecular flexibility index (Phi) is 8.93. The molecule has 0 aromatic heterocycles. The molecule has 0 bridgehead atoms. The summed E-state index contributed by atoms with van der Waals surface area (Å²) in [6.45, 7) is 9.82. The lowest BCUT2D eigenvalue weighted by molar-refractivity contribution is 1.30. The highest BCUT2D eigenvalue weighted by Gasteiger charge is 2.18. The molecule has 0 saturated carbocycles. The molecule has 0 fully saturated rings. The summed E-state index contributed by atoms with van der Waals surface area (Å²) in [6.07, 6.45) is 9.98. The zero-order valence-corrected chi connectivity index (χ0v) is 17.8. The molecule has 1 heterocycles. The lowest BCUT2D eigenvalue weighted by Crippen LogP contribution is -1.98. The molecule has 2 aromatic carbocycles. The van der Waals surface area contributed by atoms with E-state index in [1.54, 1.807) is 30.3 Å². The van der Waals surface area contributed by atoms with E-state index in [2.05, 4.69) is 35.3 Å². The smallest absolute Gasteiger partial charge is 0.0669 e. The van der Waals surface area contributed by atoms with Crippen LogP contribution in [0.4, 0.5) is 5.69 Å². The van der Waals surface area contributed by atoms with Gasteiger partial charge >= 0.3 is 0 Å². The molecule has 0 saturated heterocycles. The molecule has 2 N–H and O–H groups in total. The topological polar surface area (TPSA) is 50.7 Å². The molecule has 1 aliphatic rings. The van der Waals surface area contributed by atoms with Crippen LogP contribution in [-0.2, 0) is 0 Å². The fourth-order valence-corrected chi connectivity index (χ4v) is 3.26. The van der Waals surface area contributed by atoms with Gasteiger partial charge in [-0.25, -0.2) is 0 Å². The number of aliphatic imine (C=N–C) groups is 2. The first-order valence-corrected chi connectivity index (χ1v) is 10.5. The number of para-hydroxylation sites is 1. The highest BCUT2D eigenvalue weighted by atomic mass is 32.2. The van der Waals surface area contributed by atoms with E-state index in [-0.39, 0.29) is 0 Å². The van der Waals surface area contributed by atoms with E-state index in [1.165, 1.54) is 0 Å². The number of rotatable bonds is 6. The maximum Gasteiger partial charge on any atom is 0.0669 e. The number of benzene rings is 2. The number of allylic oxidation sites excluding steroid dienone is 4. The maximum absolute atomic E-state index is 5.61. The van der Waals surface area contributed by atoms with Crippen molar-refractivity contribution in [2.45, 2.75) is 18.2 Å². The molecule has 0 spiro atoms. The van der Waals surface area contributed by atoms with Crippen LogP contribution in [0, 0.1) is 0 Å². The molecule has 0 amide bonds. The number of nitrogens with zero attached hydrogens (tertiary/aromatic N) is 2. The molecule has 0 unspecified atom stereocenters. The summed E-state index contributed by atoms with van der Waals surface area (Å²) in [5.74, 6) is 0. The van der Waals surface area contributed by atoms with Crippen molar-refractivity contribution in [1.29, 1.82) is 0 Å². The van der Waals surface area contributed by atoms with Crippen LogP contribution in [0.15, 0.2) is 118 Å². The van der Waals surface area contributed by atoms with Gasteiger partial charge in [0.1, 0.15) is 0 Å². The molecule has 2 aromatic rings. The second kappa shape index (κ2) is 11.7. The monoisotopic (exact) mass is 401 g/mol. The van der Waals surface area contributed by atoms with Gasteiger partial charge in [-0.15, -0.1) is 11.8 Å². The van der Waals surface area contributed by atoms with Gasteiger partial charge in [0.15, 0.2) is 0 Å². The lowest BCUT2D eigenvalue weighted by Gasteiger charge is -2.03. The molecule has 3 nitrogen and oxygen atoms in total. The lowest BCUT2D eigenvalue weighted by atomic mass is 9.99. The van der Waals surface area contributed by atoms with Crippen molar-refractivity contribution in [3.8, 4) is 0 Å². The molecule has 0 radical (unpaired) electrons. The van der Waals surface area contributed by atoms with Crippen molar-refractivity contribution < 1.29 is 0 Å². The predicted molar refractivity (Wildman–Crippen MR) is 130 cm³/mol. The second-order valence-electron chi connectivity index (χ2n) is 6.16. The van der Waals surface area contributed by atoms with Crippen molar-refractivity contribution in [2.75, 3.05) is 12.0 Å². The van der Waals surface area contributed by atoms with Gasteiger partial charge in [0.05, 0.1) is 11.4 Å². The highest BCUT2D eigenvalue weighted by molar-refractivity contribution is 7.98. The van der Waals surface area contributed by atoms with Crippen molar-refractivity contribution in [1.82, 2.24) is 0 Å². The summed E-state index contributed by atoms with van der Waals surface area (Å²) in [5.41, 5.74) is 11.6. The third-order valence-corrected chi connectivity index (χ3v) is 5.06. The summed E-state index contributed by atoms with van der Waals surface area (Å²) in [5, 5.41) is 0. The number of hydrogen-bond acceptors (Lipinski definition) is 4. The molecule has 29 heavy (non-hydrogen) atoms. The van der Waals surface area contributed by atoms with E-state index in [9.17, 15) is 0 Å². The molecule has 3 rings (SSSR count). The Bertz CT molecular complexity index is 967. The van der Waals surface area contributed by atoms with E-state index >= 15 is 0 Å². The second-order valence-corrected chi connectivity index (χ2v) is 7.01. The molecule has 4 heteroatoms. The van der Waals surface area contributed by atoms with E-state index in [4.69, 9.17) is 5.73 Å². The summed E-state index contributed by atoms with van der Waals surface area (Å²) < 4.78 is 0. The normalized spacial score (nSPS) is 13.4. The van der Waals surface area contributed by atoms with E-state index in [1.807, 2.05) is 61.7 Å². The fourth-order valence-electron chi connectivity index (χ4n) is 2.74. The zero-order chi connectivity index (χ0) is 21.1. The van der Waals surface area contributed by atoms with Crippen molar-refractivity contribution in [2.24, 2.45) is 9.98 Å². The van der Waals surface area contributed by atoms with Gasteiger partial charge in [0.25, 0.3) is 0 Å². The van der Waals surface area contributed by atoms with Crippen molar-refractivity contribution in [3.05, 3.63) is 109 Å². The van der Waals surface area contributed by atoms with Crippen molar-refractivity contribution >= 4 is 29.4 Å². The van der Waals surface area contributed by atoms with Crippen LogP contribution in [0.2, 0.25) is 0 Å². The first-order chi connectivity index (χ1) is 14.1. The third-order valence-electron chi connectivity index (χ3n) is 4.25. The molecule has 0 atom stereocenters. The Labute approximate surface area is 178 Å². The molecular weight excluding hydrogens is 374 g/mol. The minimum atomic E-state index is 0.782. The first-order valence-electron chi connectivity index (χ1n) is 9.31. The van der Waals surface area contributed by atoms with Gasteiger partial charge in [-0.1, -0.05) is 55.6 Å². The Morgan fingerprint density at radius 3 is 2.41 bits per heavy atom. The Morgan fingerprint density at radius 2 is 1.83 bits per heavy atom. The Hall–Kier alpha value is -3.11. The quantitative estimate of drug-likeness (QED) is 0.261.